The van der Waals surface area contributed by atoms with Crippen LogP contribution >= 0.6 is 11.8 Å². The summed E-state index contributed by atoms with van der Waals surface area (Å²) in [5, 5.41) is 0. The van der Waals surface area contributed by atoms with Crippen molar-refractivity contribution in [3.05, 3.63) is 29.8 Å². The van der Waals surface area contributed by atoms with E-state index in [0.29, 0.717) is 0 Å². The molecule has 3 heteroatoms. The van der Waals surface area contributed by atoms with E-state index in [-0.39, 0.29) is 16.6 Å². The minimum atomic E-state index is -0.240. The topological polar surface area (TPSA) is 26.3 Å². The lowest BCUT2D eigenvalue weighted by Crippen LogP contribution is -2.28. The maximum atomic E-state index is 12.5. The third-order valence-electron chi connectivity index (χ3n) is 3.17. The van der Waals surface area contributed by atoms with Crippen molar-refractivity contribution in [2.24, 2.45) is 0 Å². The molecule has 1 saturated heterocycles. The first-order valence-electron chi connectivity index (χ1n) is 6.47. The van der Waals surface area contributed by atoms with E-state index in [1.54, 1.807) is 11.8 Å². The molecule has 1 aliphatic heterocycles. The van der Waals surface area contributed by atoms with Gasteiger partial charge in [-0.2, -0.15) is 0 Å². The number of Topliss-reactive ketones (excluding diaryl/α,β-unsaturated/α-hetero) is 1. The molecule has 1 aliphatic rings. The summed E-state index contributed by atoms with van der Waals surface area (Å²) in [4.78, 5) is 12.5. The van der Waals surface area contributed by atoms with Crippen LogP contribution in [-0.2, 0) is 0 Å². The molecule has 0 spiro atoms. The van der Waals surface area contributed by atoms with Crippen LogP contribution in [0.15, 0.2) is 24.3 Å². The number of rotatable bonds is 4. The Balaban J connectivity index is 2.20. The van der Waals surface area contributed by atoms with E-state index in [9.17, 15) is 4.79 Å². The Labute approximate surface area is 113 Å². The summed E-state index contributed by atoms with van der Waals surface area (Å²) in [6, 6.07) is 7.56. The van der Waals surface area contributed by atoms with Gasteiger partial charge in [-0.15, -0.1) is 11.8 Å². The monoisotopic (exact) mass is 264 g/mol. The molecule has 18 heavy (non-hydrogen) atoms. The van der Waals surface area contributed by atoms with Gasteiger partial charge in [0.25, 0.3) is 0 Å². The summed E-state index contributed by atoms with van der Waals surface area (Å²) in [7, 11) is 0. The lowest BCUT2D eigenvalue weighted by molar-refractivity contribution is 0.0948. The highest BCUT2D eigenvalue weighted by Gasteiger charge is 2.37. The Kier molecular flexibility index (Phi) is 4.00. The highest BCUT2D eigenvalue weighted by molar-refractivity contribution is 8.01. The lowest BCUT2D eigenvalue weighted by Gasteiger charge is -2.21. The first kappa shape index (κ1) is 13.5. The van der Waals surface area contributed by atoms with E-state index in [0.717, 1.165) is 29.9 Å². The highest BCUT2D eigenvalue weighted by Crippen LogP contribution is 2.40. The number of thioether (sulfide) groups is 1. The molecule has 0 aliphatic carbocycles. The number of carbonyl (C=O) groups is 1. The molecule has 1 aromatic rings. The second kappa shape index (κ2) is 5.35. The summed E-state index contributed by atoms with van der Waals surface area (Å²) in [6.45, 7) is 6.04. The molecule has 1 aromatic carbocycles. The Morgan fingerprint density at radius 3 is 2.83 bits per heavy atom. The molecule has 1 fully saturated rings. The maximum absolute atomic E-state index is 12.5. The van der Waals surface area contributed by atoms with Gasteiger partial charge >= 0.3 is 0 Å². The van der Waals surface area contributed by atoms with Crippen LogP contribution in [0, 0.1) is 0 Å². The Hall–Kier alpha value is -0.960. The van der Waals surface area contributed by atoms with Crippen molar-refractivity contribution < 1.29 is 9.53 Å². The van der Waals surface area contributed by atoms with Crippen LogP contribution in [0.5, 0.6) is 5.75 Å². The zero-order chi connectivity index (χ0) is 13.2. The summed E-state index contributed by atoms with van der Waals surface area (Å²) < 4.78 is 5.40. The second-order valence-electron chi connectivity index (χ2n) is 5.21. The average molecular weight is 264 g/mol. The van der Waals surface area contributed by atoms with Crippen LogP contribution in [0.25, 0.3) is 0 Å². The number of benzene rings is 1. The van der Waals surface area contributed by atoms with E-state index < -0.39 is 0 Å². The number of ketones is 1. The van der Waals surface area contributed by atoms with E-state index in [2.05, 4.69) is 6.92 Å². The standard InChI is InChI=1S/C15H20O2S/c1-11(2)17-13-7-4-6-12(10-13)14(16)15(3)8-5-9-18-15/h4,6-7,10-11H,5,8-9H2,1-3H3. The van der Waals surface area contributed by atoms with Gasteiger partial charge in [-0.25, -0.2) is 0 Å². The minimum absolute atomic E-state index is 0.131. The summed E-state index contributed by atoms with van der Waals surface area (Å²) in [5.74, 6) is 2.10. The molecule has 1 heterocycles. The van der Waals surface area contributed by atoms with Crippen LogP contribution < -0.4 is 4.74 Å². The molecule has 98 valence electrons. The molecule has 2 rings (SSSR count). The van der Waals surface area contributed by atoms with Crippen LogP contribution in [-0.4, -0.2) is 22.4 Å². The van der Waals surface area contributed by atoms with Gasteiger partial charge in [-0.1, -0.05) is 12.1 Å². The smallest absolute Gasteiger partial charge is 0.178 e. The number of hydrogen-bond acceptors (Lipinski definition) is 3. The van der Waals surface area contributed by atoms with Gasteiger partial charge in [0, 0.05) is 5.56 Å². The van der Waals surface area contributed by atoms with Crippen LogP contribution in [0.4, 0.5) is 0 Å². The summed E-state index contributed by atoms with van der Waals surface area (Å²) in [5.41, 5.74) is 0.769. The first-order chi connectivity index (χ1) is 8.51. The van der Waals surface area contributed by atoms with Crippen molar-refractivity contribution in [3.63, 3.8) is 0 Å². The third-order valence-corrected chi connectivity index (χ3v) is 4.69. The van der Waals surface area contributed by atoms with Crippen molar-refractivity contribution in [1.82, 2.24) is 0 Å². The zero-order valence-corrected chi connectivity index (χ0v) is 12.0. The largest absolute Gasteiger partial charge is 0.491 e. The molecule has 0 aromatic heterocycles. The van der Waals surface area contributed by atoms with Gasteiger partial charge in [0.05, 0.1) is 10.9 Å². The number of hydrogen-bond donors (Lipinski definition) is 0. The van der Waals surface area contributed by atoms with E-state index in [4.69, 9.17) is 4.74 Å². The van der Waals surface area contributed by atoms with Crippen molar-refractivity contribution in [2.75, 3.05) is 5.75 Å². The molecule has 0 bridgehead atoms. The predicted octanol–water partition coefficient (Wildman–Crippen LogP) is 3.94. The molecular formula is C15H20O2S. The van der Waals surface area contributed by atoms with Crippen molar-refractivity contribution in [3.8, 4) is 5.75 Å². The maximum Gasteiger partial charge on any atom is 0.178 e. The normalized spacial score (nSPS) is 23.3. The molecule has 1 atom stereocenters. The second-order valence-corrected chi connectivity index (χ2v) is 6.80. The van der Waals surface area contributed by atoms with Crippen molar-refractivity contribution in [2.45, 2.75) is 44.5 Å². The Bertz CT molecular complexity index is 434. The highest BCUT2D eigenvalue weighted by atomic mass is 32.2. The predicted molar refractivity (Wildman–Crippen MR) is 76.6 cm³/mol. The summed E-state index contributed by atoms with van der Waals surface area (Å²) in [6.07, 6.45) is 2.24. The molecule has 2 nitrogen and oxygen atoms in total. The van der Waals surface area contributed by atoms with Gasteiger partial charge < -0.3 is 4.74 Å². The fourth-order valence-electron chi connectivity index (χ4n) is 2.25. The first-order valence-corrected chi connectivity index (χ1v) is 7.45. The van der Waals surface area contributed by atoms with Gasteiger partial charge in [0.15, 0.2) is 5.78 Å². The molecule has 0 N–H and O–H groups in total. The van der Waals surface area contributed by atoms with Crippen molar-refractivity contribution in [1.29, 1.82) is 0 Å². The number of ether oxygens (including phenoxy) is 1. The summed E-state index contributed by atoms with van der Waals surface area (Å²) >= 11 is 1.78. The van der Waals surface area contributed by atoms with Gasteiger partial charge in [0.2, 0.25) is 0 Å². The van der Waals surface area contributed by atoms with E-state index >= 15 is 0 Å². The van der Waals surface area contributed by atoms with Crippen LogP contribution in [0.2, 0.25) is 0 Å². The Morgan fingerprint density at radius 1 is 1.44 bits per heavy atom. The van der Waals surface area contributed by atoms with Gasteiger partial charge in [-0.05, 0) is 51.5 Å². The zero-order valence-electron chi connectivity index (χ0n) is 11.2. The SMILES string of the molecule is CC(C)Oc1cccc(C(=O)C2(C)CCCS2)c1. The van der Waals surface area contributed by atoms with Gasteiger partial charge in [0.1, 0.15) is 5.75 Å². The molecule has 0 radical (unpaired) electrons. The van der Waals surface area contributed by atoms with E-state index in [1.807, 2.05) is 38.1 Å². The van der Waals surface area contributed by atoms with E-state index in [1.165, 1.54) is 0 Å². The Morgan fingerprint density at radius 2 is 2.22 bits per heavy atom. The lowest BCUT2D eigenvalue weighted by atomic mass is 9.94. The number of carbonyl (C=O) groups excluding carboxylic acids is 1. The molecular weight excluding hydrogens is 244 g/mol. The third kappa shape index (κ3) is 2.89. The molecule has 0 amide bonds. The molecule has 0 saturated carbocycles. The van der Waals surface area contributed by atoms with Crippen LogP contribution in [0.3, 0.4) is 0 Å². The fourth-order valence-corrected chi connectivity index (χ4v) is 3.52. The van der Waals surface area contributed by atoms with Crippen LogP contribution in [0.1, 0.15) is 44.0 Å². The quantitative estimate of drug-likeness (QED) is 0.770. The fraction of sp³-hybridized carbons (Fsp3) is 0.533. The average Bonchev–Trinajstić information content (AvgIpc) is 2.76. The van der Waals surface area contributed by atoms with Gasteiger partial charge in [-0.3, -0.25) is 4.79 Å². The minimum Gasteiger partial charge on any atom is -0.491 e. The molecule has 1 unspecified atom stereocenters. The van der Waals surface area contributed by atoms with Crippen molar-refractivity contribution >= 4 is 17.5 Å².